The Balaban J connectivity index is 1.56. The van der Waals surface area contributed by atoms with Crippen molar-refractivity contribution in [3.8, 4) is 5.75 Å². The quantitative estimate of drug-likeness (QED) is 0.830. The Kier molecular flexibility index (Phi) is 4.92. The highest BCUT2D eigenvalue weighted by Gasteiger charge is 2.43. The summed E-state index contributed by atoms with van der Waals surface area (Å²) in [6.45, 7) is 1.66. The van der Waals surface area contributed by atoms with E-state index in [9.17, 15) is 13.5 Å². The number of nitrogens with zero attached hydrogens (tertiary/aromatic N) is 3. The zero-order valence-electron chi connectivity index (χ0n) is 15.1. The van der Waals surface area contributed by atoms with Gasteiger partial charge in [0.15, 0.2) is 5.82 Å². The molecular formula is C18H23N3O5S. The number of benzene rings is 1. The Hall–Kier alpha value is -1.97. The molecule has 2 aromatic rings. The van der Waals surface area contributed by atoms with Crippen LogP contribution in [-0.2, 0) is 10.0 Å². The molecule has 1 aliphatic heterocycles. The number of aliphatic hydroxyl groups is 1. The summed E-state index contributed by atoms with van der Waals surface area (Å²) in [4.78, 5) is 4.29. The third kappa shape index (κ3) is 3.71. The molecule has 9 heteroatoms. The van der Waals surface area contributed by atoms with E-state index in [0.29, 0.717) is 11.6 Å². The first kappa shape index (κ1) is 18.4. The Bertz CT molecular complexity index is 890. The number of ether oxygens (including phenoxy) is 1. The molecule has 0 spiro atoms. The van der Waals surface area contributed by atoms with Crippen molar-refractivity contribution in [2.75, 3.05) is 6.54 Å². The number of aromatic nitrogens is 2. The zero-order valence-corrected chi connectivity index (χ0v) is 15.9. The molecular weight excluding hydrogens is 370 g/mol. The van der Waals surface area contributed by atoms with E-state index < -0.39 is 22.2 Å². The maximum atomic E-state index is 13.1. The molecule has 1 aliphatic carbocycles. The second-order valence-corrected chi connectivity index (χ2v) is 9.05. The van der Waals surface area contributed by atoms with Gasteiger partial charge in [-0.2, -0.15) is 9.29 Å². The Labute approximate surface area is 158 Å². The van der Waals surface area contributed by atoms with Gasteiger partial charge in [-0.1, -0.05) is 5.16 Å². The van der Waals surface area contributed by atoms with Gasteiger partial charge < -0.3 is 14.4 Å². The largest absolute Gasteiger partial charge is 0.490 e. The third-order valence-corrected chi connectivity index (χ3v) is 6.99. The molecule has 2 atom stereocenters. The van der Waals surface area contributed by atoms with E-state index in [1.165, 1.54) is 17.1 Å². The molecule has 2 heterocycles. The zero-order chi connectivity index (χ0) is 19.0. The first-order valence-corrected chi connectivity index (χ1v) is 10.6. The van der Waals surface area contributed by atoms with Crippen LogP contribution in [0.25, 0.3) is 0 Å². The summed E-state index contributed by atoms with van der Waals surface area (Å²) >= 11 is 0. The number of sulfonamides is 1. The lowest BCUT2D eigenvalue weighted by Crippen LogP contribution is -2.32. The van der Waals surface area contributed by atoms with E-state index in [1.807, 2.05) is 0 Å². The molecule has 2 fully saturated rings. The summed E-state index contributed by atoms with van der Waals surface area (Å²) in [5.41, 5.74) is 0. The minimum absolute atomic E-state index is 0.00521. The first-order valence-electron chi connectivity index (χ1n) is 9.20. The average Bonchev–Trinajstić information content (AvgIpc) is 3.37. The lowest BCUT2D eigenvalue weighted by atomic mass is 10.2. The molecule has 0 unspecified atom stereocenters. The van der Waals surface area contributed by atoms with E-state index in [-0.39, 0.29) is 29.9 Å². The molecule has 2 aliphatic rings. The van der Waals surface area contributed by atoms with Crippen LogP contribution < -0.4 is 4.74 Å². The van der Waals surface area contributed by atoms with E-state index in [4.69, 9.17) is 9.26 Å². The minimum Gasteiger partial charge on any atom is -0.490 e. The summed E-state index contributed by atoms with van der Waals surface area (Å²) in [6.07, 6.45) is 4.08. The van der Waals surface area contributed by atoms with Crippen molar-refractivity contribution in [2.45, 2.75) is 62.2 Å². The van der Waals surface area contributed by atoms with E-state index in [1.54, 1.807) is 31.2 Å². The molecule has 1 saturated heterocycles. The fraction of sp³-hybridized carbons (Fsp3) is 0.556. The Morgan fingerprint density at radius 2 is 1.93 bits per heavy atom. The Morgan fingerprint density at radius 3 is 2.56 bits per heavy atom. The van der Waals surface area contributed by atoms with Crippen molar-refractivity contribution >= 4 is 10.0 Å². The number of aryl methyl sites for hydroxylation is 1. The SMILES string of the molecule is Cc1noc([C@H]2C[C@H](O)CN2S(=O)(=O)c2ccc(OC3CCCC3)cc2)n1. The topological polar surface area (TPSA) is 106 Å². The van der Waals surface area contributed by atoms with Gasteiger partial charge in [-0.3, -0.25) is 0 Å². The van der Waals surface area contributed by atoms with Gasteiger partial charge in [-0.05, 0) is 56.9 Å². The number of rotatable bonds is 5. The molecule has 1 saturated carbocycles. The van der Waals surface area contributed by atoms with Crippen molar-refractivity contribution < 1.29 is 22.8 Å². The molecule has 1 aromatic heterocycles. The molecule has 0 bridgehead atoms. The maximum absolute atomic E-state index is 13.1. The van der Waals surface area contributed by atoms with Gasteiger partial charge in [0, 0.05) is 13.0 Å². The molecule has 4 rings (SSSR count). The fourth-order valence-corrected chi connectivity index (χ4v) is 5.38. The fourth-order valence-electron chi connectivity index (χ4n) is 3.75. The molecule has 0 radical (unpaired) electrons. The van der Waals surface area contributed by atoms with Gasteiger partial charge in [0.25, 0.3) is 0 Å². The summed E-state index contributed by atoms with van der Waals surface area (Å²) in [7, 11) is -3.81. The summed E-state index contributed by atoms with van der Waals surface area (Å²) in [6, 6.07) is 5.79. The van der Waals surface area contributed by atoms with E-state index in [2.05, 4.69) is 10.1 Å². The standard InChI is InChI=1S/C18H23N3O5S/c1-12-19-18(26-20-12)17-10-13(22)11-21(17)27(23,24)16-8-6-15(7-9-16)25-14-4-2-3-5-14/h6-9,13-14,17,22H,2-5,10-11H2,1H3/t13-,17+/m0/s1. The summed E-state index contributed by atoms with van der Waals surface area (Å²) < 4.78 is 38.5. The van der Waals surface area contributed by atoms with Gasteiger partial charge in [-0.25, -0.2) is 8.42 Å². The highest BCUT2D eigenvalue weighted by atomic mass is 32.2. The van der Waals surface area contributed by atoms with Crippen molar-refractivity contribution in [1.82, 2.24) is 14.4 Å². The molecule has 0 amide bonds. The minimum atomic E-state index is -3.81. The van der Waals surface area contributed by atoms with Crippen LogP contribution in [0.4, 0.5) is 0 Å². The van der Waals surface area contributed by atoms with Gasteiger partial charge in [0.05, 0.1) is 17.1 Å². The summed E-state index contributed by atoms with van der Waals surface area (Å²) in [5, 5.41) is 13.8. The molecule has 27 heavy (non-hydrogen) atoms. The molecule has 1 N–H and O–H groups in total. The molecule has 146 valence electrons. The second-order valence-electron chi connectivity index (χ2n) is 7.16. The van der Waals surface area contributed by atoms with Crippen molar-refractivity contribution in [3.05, 3.63) is 36.0 Å². The number of aliphatic hydroxyl groups excluding tert-OH is 1. The predicted octanol–water partition coefficient (Wildman–Crippen LogP) is 2.20. The normalized spacial score (nSPS) is 24.5. The average molecular weight is 393 g/mol. The maximum Gasteiger partial charge on any atom is 0.245 e. The van der Waals surface area contributed by atoms with E-state index in [0.717, 1.165) is 12.8 Å². The number of β-amino-alcohol motifs (C(OH)–C–C–N with tert-alkyl or cyclic N) is 1. The van der Waals surface area contributed by atoms with Crippen LogP contribution in [-0.4, -0.2) is 46.7 Å². The molecule has 8 nitrogen and oxygen atoms in total. The van der Waals surface area contributed by atoms with Gasteiger partial charge in [0.1, 0.15) is 11.8 Å². The van der Waals surface area contributed by atoms with Crippen molar-refractivity contribution in [1.29, 1.82) is 0 Å². The monoisotopic (exact) mass is 393 g/mol. The van der Waals surface area contributed by atoms with Gasteiger partial charge >= 0.3 is 0 Å². The number of hydrogen-bond acceptors (Lipinski definition) is 7. The Morgan fingerprint density at radius 1 is 1.22 bits per heavy atom. The lowest BCUT2D eigenvalue weighted by Gasteiger charge is -2.21. The van der Waals surface area contributed by atoms with Crippen molar-refractivity contribution in [3.63, 3.8) is 0 Å². The molecule has 1 aromatic carbocycles. The predicted molar refractivity (Wildman–Crippen MR) is 95.6 cm³/mol. The first-order chi connectivity index (χ1) is 12.9. The van der Waals surface area contributed by atoms with Crippen LogP contribution in [0.3, 0.4) is 0 Å². The van der Waals surface area contributed by atoms with Crippen LogP contribution in [0.5, 0.6) is 5.75 Å². The number of hydrogen-bond donors (Lipinski definition) is 1. The lowest BCUT2D eigenvalue weighted by molar-refractivity contribution is 0.188. The van der Waals surface area contributed by atoms with Gasteiger partial charge in [-0.15, -0.1) is 0 Å². The van der Waals surface area contributed by atoms with Crippen molar-refractivity contribution in [2.24, 2.45) is 0 Å². The van der Waals surface area contributed by atoms with Crippen LogP contribution >= 0.6 is 0 Å². The highest BCUT2D eigenvalue weighted by Crippen LogP contribution is 2.36. The van der Waals surface area contributed by atoms with Gasteiger partial charge in [0.2, 0.25) is 15.9 Å². The van der Waals surface area contributed by atoms with E-state index >= 15 is 0 Å². The summed E-state index contributed by atoms with van der Waals surface area (Å²) in [5.74, 6) is 1.30. The van der Waals surface area contributed by atoms with Crippen LogP contribution in [0, 0.1) is 6.92 Å². The van der Waals surface area contributed by atoms with Crippen LogP contribution in [0.15, 0.2) is 33.7 Å². The smallest absolute Gasteiger partial charge is 0.245 e. The highest BCUT2D eigenvalue weighted by molar-refractivity contribution is 7.89. The van der Waals surface area contributed by atoms with Crippen LogP contribution in [0.2, 0.25) is 0 Å². The van der Waals surface area contributed by atoms with Crippen LogP contribution in [0.1, 0.15) is 49.9 Å². The third-order valence-electron chi connectivity index (χ3n) is 5.10. The second kappa shape index (κ2) is 7.21.